The Morgan fingerprint density at radius 2 is 1.15 bits per heavy atom. The van der Waals surface area contributed by atoms with Crippen LogP contribution < -0.4 is 15.7 Å². The quantitative estimate of drug-likeness (QED) is 0.154. The van der Waals surface area contributed by atoms with Crippen molar-refractivity contribution < 1.29 is 8.83 Å². The zero-order chi connectivity index (χ0) is 46.1. The maximum absolute atomic E-state index is 7.46. The highest BCUT2D eigenvalue weighted by Crippen LogP contribution is 2.55. The summed E-state index contributed by atoms with van der Waals surface area (Å²) in [5.41, 5.74) is 22.1. The first-order chi connectivity index (χ1) is 32.6. The van der Waals surface area contributed by atoms with Crippen LogP contribution in [0.2, 0.25) is 0 Å². The third kappa shape index (κ3) is 4.83. The summed E-state index contributed by atoms with van der Waals surface area (Å²) < 4.78 is 17.1. The zero-order valence-corrected chi connectivity index (χ0v) is 40.7. The van der Waals surface area contributed by atoms with Crippen molar-refractivity contribution in [1.82, 2.24) is 4.57 Å². The predicted molar refractivity (Wildman–Crippen MR) is 287 cm³/mol. The molecule has 0 saturated carbocycles. The third-order valence-corrected chi connectivity index (χ3v) is 18.0. The molecule has 4 aliphatic rings. The van der Waals surface area contributed by atoms with Crippen LogP contribution in [0.25, 0.3) is 93.3 Å². The Balaban J connectivity index is 1.15. The lowest BCUT2D eigenvalue weighted by atomic mass is 9.43. The van der Waals surface area contributed by atoms with Crippen LogP contribution in [0.15, 0.2) is 130 Å². The van der Waals surface area contributed by atoms with E-state index in [2.05, 4.69) is 193 Å². The van der Waals surface area contributed by atoms with Gasteiger partial charge in [0.1, 0.15) is 22.3 Å². The number of hydrogen-bond acceptors (Lipinski definition) is 3. The maximum atomic E-state index is 7.46. The van der Waals surface area contributed by atoms with Crippen LogP contribution in [0.4, 0.5) is 11.4 Å². The van der Waals surface area contributed by atoms with Gasteiger partial charge in [0.25, 0.3) is 0 Å². The van der Waals surface area contributed by atoms with Crippen molar-refractivity contribution in [3.8, 4) is 16.8 Å². The largest absolute Gasteiger partial charge is 0.456 e. The molecular weight excluding hydrogens is 828 g/mol. The molecule has 0 fully saturated rings. The first-order valence-corrected chi connectivity index (χ1v) is 25.0. The number of benzene rings is 8. The number of fused-ring (bicyclic) bond motifs is 18. The van der Waals surface area contributed by atoms with Crippen molar-refractivity contribution in [3.63, 3.8) is 0 Å². The number of furan rings is 2. The van der Waals surface area contributed by atoms with Gasteiger partial charge in [0.15, 0.2) is 0 Å². The Hall–Kier alpha value is -6.72. The van der Waals surface area contributed by atoms with E-state index in [9.17, 15) is 0 Å². The molecule has 0 atom stereocenters. The lowest BCUT2D eigenvalue weighted by Gasteiger charge is -2.45. The minimum Gasteiger partial charge on any atom is -0.456 e. The average Bonchev–Trinajstić information content (AvgIpc) is 3.99. The molecule has 0 N–H and O–H groups in total. The zero-order valence-electron chi connectivity index (χ0n) is 40.7. The van der Waals surface area contributed by atoms with Crippen molar-refractivity contribution in [2.45, 2.75) is 110 Å². The number of rotatable bonds is 1. The highest BCUT2D eigenvalue weighted by molar-refractivity contribution is 6.94. The van der Waals surface area contributed by atoms with E-state index >= 15 is 0 Å². The highest BCUT2D eigenvalue weighted by Gasteiger charge is 2.48. The van der Waals surface area contributed by atoms with Crippen molar-refractivity contribution >= 4 is 106 Å². The van der Waals surface area contributed by atoms with Gasteiger partial charge in [-0.2, -0.15) is 0 Å². The van der Waals surface area contributed by atoms with Gasteiger partial charge in [-0.1, -0.05) is 122 Å². The number of anilines is 2. The predicted octanol–water partition coefficient (Wildman–Crippen LogP) is 16.0. The normalized spacial score (nSPS) is 18.2. The first-order valence-electron chi connectivity index (χ1n) is 25.0. The molecule has 332 valence electrons. The summed E-state index contributed by atoms with van der Waals surface area (Å²) in [5.74, 6) is 0. The standard InChI is InChI=1S/C63H55BN2O2/c1-34-27-43-45(62(6,7)25-23-60(43,2)3)32-49(34)66-48-22-21-38-41-30-44-46(63(8,9)26-24-61(44,4)5)33-52(41)68-59(38)54(48)42-31-53-55(39-17-12-13-20-51(39)67-53)58-56(42)64(66)47-19-14-18-37-40-28-35-15-10-11-16-36(35)29-50(40)65(58)57(37)47/h10-22,27-33H,23-26H2,1-9H3. The van der Waals surface area contributed by atoms with Gasteiger partial charge in [0.2, 0.25) is 0 Å². The third-order valence-electron chi connectivity index (χ3n) is 18.0. The first kappa shape index (κ1) is 39.3. The number of aromatic nitrogens is 1. The summed E-state index contributed by atoms with van der Waals surface area (Å²) in [6, 6.07) is 46.6. The molecule has 8 aromatic carbocycles. The molecule has 0 unspecified atom stereocenters. The maximum Gasteiger partial charge on any atom is 0.333 e. The van der Waals surface area contributed by atoms with Crippen molar-refractivity contribution in [3.05, 3.63) is 149 Å². The number of nitrogens with zero attached hydrogens (tertiary/aromatic N) is 2. The van der Waals surface area contributed by atoms with Gasteiger partial charge < -0.3 is 18.2 Å². The fourth-order valence-electron chi connectivity index (χ4n) is 14.0. The van der Waals surface area contributed by atoms with Crippen LogP contribution in [-0.2, 0) is 21.7 Å². The van der Waals surface area contributed by atoms with Crippen molar-refractivity contribution in [1.29, 1.82) is 0 Å². The Labute approximate surface area is 397 Å². The molecule has 0 saturated heterocycles. The second-order valence-corrected chi connectivity index (χ2v) is 23.8. The van der Waals surface area contributed by atoms with Gasteiger partial charge in [0, 0.05) is 43.9 Å². The monoisotopic (exact) mass is 882 g/mol. The average molecular weight is 883 g/mol. The van der Waals surface area contributed by atoms with E-state index in [0.717, 1.165) is 57.9 Å². The van der Waals surface area contributed by atoms with E-state index in [-0.39, 0.29) is 28.5 Å². The molecule has 5 heterocycles. The second kappa shape index (κ2) is 12.5. The topological polar surface area (TPSA) is 34.5 Å². The summed E-state index contributed by atoms with van der Waals surface area (Å²) in [4.78, 5) is 2.74. The molecule has 0 radical (unpaired) electrons. The lowest BCUT2D eigenvalue weighted by Crippen LogP contribution is -2.60. The fourth-order valence-corrected chi connectivity index (χ4v) is 14.0. The SMILES string of the molecule is Cc1cc2c(cc1N1B3c4c(cc5oc6ccccc6c5c4-n4c5cc6ccccc6cc5c5cccc3c54)-c3c1ccc1c3oc3cc4c(cc31)C(C)(C)CCC4(C)C)C(C)(C)CCC2(C)C. The van der Waals surface area contributed by atoms with Gasteiger partial charge in [0.05, 0.1) is 22.1 Å². The van der Waals surface area contributed by atoms with E-state index in [1.807, 2.05) is 0 Å². The van der Waals surface area contributed by atoms with Crippen molar-refractivity contribution in [2.24, 2.45) is 0 Å². The van der Waals surface area contributed by atoms with Crippen LogP contribution in [0, 0.1) is 6.92 Å². The smallest absolute Gasteiger partial charge is 0.333 e. The number of para-hydroxylation sites is 2. The van der Waals surface area contributed by atoms with Crippen LogP contribution >= 0.6 is 0 Å². The van der Waals surface area contributed by atoms with Crippen LogP contribution in [0.3, 0.4) is 0 Å². The fraction of sp³-hybridized carbons (Fsp3) is 0.270. The molecule has 11 aromatic rings. The highest BCUT2D eigenvalue weighted by atomic mass is 16.3. The summed E-state index contributed by atoms with van der Waals surface area (Å²) in [6.07, 6.45) is 4.64. The van der Waals surface area contributed by atoms with E-state index in [4.69, 9.17) is 8.83 Å². The summed E-state index contributed by atoms with van der Waals surface area (Å²) in [6.45, 7) is 21.7. The summed E-state index contributed by atoms with van der Waals surface area (Å²) in [5, 5.41) is 9.70. The van der Waals surface area contributed by atoms with Crippen molar-refractivity contribution in [2.75, 3.05) is 4.81 Å². The Kier molecular flexibility index (Phi) is 7.21. The minimum atomic E-state index is -0.146. The number of hydrogen-bond donors (Lipinski definition) is 0. The Morgan fingerprint density at radius 3 is 1.90 bits per heavy atom. The van der Waals surface area contributed by atoms with Gasteiger partial charge in [-0.05, 0) is 164 Å². The Morgan fingerprint density at radius 1 is 0.500 bits per heavy atom. The molecule has 5 heteroatoms. The van der Waals surface area contributed by atoms with Crippen LogP contribution in [0.5, 0.6) is 0 Å². The van der Waals surface area contributed by atoms with E-state index in [1.54, 1.807) is 0 Å². The Bertz CT molecular complexity index is 4130. The van der Waals surface area contributed by atoms with Gasteiger partial charge >= 0.3 is 6.85 Å². The van der Waals surface area contributed by atoms with E-state index in [1.165, 1.54) is 111 Å². The summed E-state index contributed by atoms with van der Waals surface area (Å²) in [7, 11) is 0. The van der Waals surface area contributed by atoms with Gasteiger partial charge in [-0.3, -0.25) is 0 Å². The number of aryl methyl sites for hydroxylation is 1. The molecular formula is C63H55BN2O2. The molecule has 15 rings (SSSR count). The van der Waals surface area contributed by atoms with Gasteiger partial charge in [-0.25, -0.2) is 0 Å². The molecule has 68 heavy (non-hydrogen) atoms. The summed E-state index contributed by atoms with van der Waals surface area (Å²) >= 11 is 0. The second-order valence-electron chi connectivity index (χ2n) is 23.8. The molecule has 0 amide bonds. The minimum absolute atomic E-state index is 0.0290. The van der Waals surface area contributed by atoms with Crippen LogP contribution in [0.1, 0.15) is 109 Å². The van der Waals surface area contributed by atoms with E-state index < -0.39 is 0 Å². The molecule has 3 aromatic heterocycles. The molecule has 0 spiro atoms. The molecule has 4 nitrogen and oxygen atoms in total. The molecule has 2 aliphatic heterocycles. The molecule has 0 bridgehead atoms. The van der Waals surface area contributed by atoms with E-state index in [0.29, 0.717) is 0 Å². The molecule has 2 aliphatic carbocycles. The van der Waals surface area contributed by atoms with Crippen LogP contribution in [-0.4, -0.2) is 11.4 Å². The lowest BCUT2D eigenvalue weighted by molar-refractivity contribution is 0.332. The van der Waals surface area contributed by atoms with Gasteiger partial charge in [-0.15, -0.1) is 0 Å².